The first kappa shape index (κ1) is 99.1. The van der Waals surface area contributed by atoms with Crippen LogP contribution >= 0.6 is 0 Å². The topological polar surface area (TPSA) is 0 Å². The molecular weight excluding hydrogens is 1350 g/mol. The molecule has 0 radical (unpaired) electrons. The Bertz CT molecular complexity index is 2550. The van der Waals surface area contributed by atoms with Gasteiger partial charge in [0.05, 0.1) is 0 Å². The van der Waals surface area contributed by atoms with Crippen LogP contribution in [0.5, 0.6) is 0 Å². The molecule has 0 aromatic carbocycles. The van der Waals surface area contributed by atoms with Gasteiger partial charge in [0.1, 0.15) is 0 Å². The van der Waals surface area contributed by atoms with Crippen molar-refractivity contribution in [1.82, 2.24) is 0 Å². The van der Waals surface area contributed by atoms with Crippen molar-refractivity contribution in [2.45, 2.75) is 460 Å². The van der Waals surface area contributed by atoms with Crippen LogP contribution in [0.15, 0.2) is 0 Å². The van der Waals surface area contributed by atoms with Crippen molar-refractivity contribution in [2.75, 3.05) is 0 Å². The summed E-state index contributed by atoms with van der Waals surface area (Å²) in [5.41, 5.74) is 1.91. The van der Waals surface area contributed by atoms with E-state index in [0.717, 1.165) is 207 Å². The highest BCUT2D eigenvalue weighted by Gasteiger charge is 2.92. The van der Waals surface area contributed by atoms with E-state index in [2.05, 4.69) is 235 Å². The lowest BCUT2D eigenvalue weighted by Gasteiger charge is -2.96. The molecule has 0 aromatic rings. The zero-order valence-corrected chi connectivity index (χ0v) is 83.3. The fourth-order valence-corrected chi connectivity index (χ4v) is 33.3. The molecule has 39 unspecified atom stereocenters. The molecule has 0 N–H and O–H groups in total. The Morgan fingerprint density at radius 3 is 0.946 bits per heavy atom. The van der Waals surface area contributed by atoms with Gasteiger partial charge < -0.3 is 0 Å². The Hall–Kier alpha value is 0. The molecule has 0 aliphatic heterocycles. The van der Waals surface area contributed by atoms with Crippen LogP contribution in [-0.2, 0) is 0 Å². The van der Waals surface area contributed by atoms with Gasteiger partial charge in [0.15, 0.2) is 0 Å². The molecule has 39 atom stereocenters. The van der Waals surface area contributed by atoms with Gasteiger partial charge in [-0.05, 0) is 298 Å². The average molecular weight is 1560 g/mol. The maximum absolute atomic E-state index is 2.97. The number of rotatable bonds is 59. The van der Waals surface area contributed by atoms with Crippen molar-refractivity contribution in [2.24, 2.45) is 253 Å². The third-order valence-corrected chi connectivity index (χ3v) is 42.2. The van der Waals surface area contributed by atoms with E-state index in [1.807, 2.05) is 0 Å². The standard InChI is InChI=1S/C112H212/c1-35-53-58-83(32)84(33)90(57-37-3)92(70(19)38-4)93(71(20)39-5)94(72(21)40-6)95(73(22)41-7)96(74(23)42-8)100(78(27)46-12)103(81(30)49-15)107(87-62-56-63-87)105(86-60-55-61-86)89(51-17)106(88-68-85(69-88)59-54-36-2)102(80(29)48-14)99(77(26)45-11)97(75(24)43-9)98(76(25)44-10)101(79(28)47-13)104(82(31)50-16)109-108-91-64-65-111(91)66-67-112(108,111)110(109,34)52-18/h70-109H,35-69H2,1-34H3. The Morgan fingerprint density at radius 1 is 0.286 bits per heavy atom. The molecule has 7 aliphatic rings. The molecule has 0 aromatic heterocycles. The highest BCUT2D eigenvalue weighted by atomic mass is 15.0. The third kappa shape index (κ3) is 18.9. The van der Waals surface area contributed by atoms with Crippen LogP contribution in [0.3, 0.4) is 0 Å². The van der Waals surface area contributed by atoms with Crippen LogP contribution in [0.25, 0.3) is 0 Å². The smallest absolute Gasteiger partial charge is 0.0147 e. The second-order valence-electron chi connectivity index (χ2n) is 46.0. The minimum absolute atomic E-state index is 0.495. The Labute approximate surface area is 708 Å². The fraction of sp³-hybridized carbons (Fsp3) is 1.00. The Balaban J connectivity index is 1.56. The van der Waals surface area contributed by atoms with E-state index in [1.54, 1.807) is 38.5 Å². The summed E-state index contributed by atoms with van der Waals surface area (Å²) in [4.78, 5) is 0. The zero-order valence-electron chi connectivity index (χ0n) is 83.3. The van der Waals surface area contributed by atoms with E-state index in [9.17, 15) is 0 Å². The molecular formula is C112H212. The quantitative estimate of drug-likeness (QED) is 0.0569. The van der Waals surface area contributed by atoms with Crippen molar-refractivity contribution in [3.8, 4) is 0 Å². The molecule has 7 aliphatic carbocycles. The number of hydrogen-bond acceptors (Lipinski definition) is 0. The van der Waals surface area contributed by atoms with Gasteiger partial charge in [0, 0.05) is 0 Å². The van der Waals surface area contributed by atoms with Gasteiger partial charge in [0.2, 0.25) is 0 Å². The molecule has 112 heavy (non-hydrogen) atoms. The summed E-state index contributed by atoms with van der Waals surface area (Å²) in [6.07, 6.45) is 49.9. The summed E-state index contributed by atoms with van der Waals surface area (Å²) in [5, 5.41) is 0. The third-order valence-electron chi connectivity index (χ3n) is 42.2. The highest BCUT2D eigenvalue weighted by Crippen LogP contribution is 2.98. The molecule has 660 valence electrons. The summed E-state index contributed by atoms with van der Waals surface area (Å²) in [6, 6.07) is 0. The van der Waals surface area contributed by atoms with Gasteiger partial charge in [-0.15, -0.1) is 0 Å². The second-order valence-corrected chi connectivity index (χ2v) is 46.0. The largest absolute Gasteiger partial charge is 0.0654 e. The van der Waals surface area contributed by atoms with Crippen LogP contribution in [0.1, 0.15) is 460 Å². The summed E-state index contributed by atoms with van der Waals surface area (Å²) >= 11 is 0. The molecule has 0 saturated heterocycles. The van der Waals surface area contributed by atoms with Gasteiger partial charge in [-0.2, -0.15) is 0 Å². The summed E-state index contributed by atoms with van der Waals surface area (Å²) < 4.78 is 0. The van der Waals surface area contributed by atoms with E-state index in [1.165, 1.54) is 186 Å². The summed E-state index contributed by atoms with van der Waals surface area (Å²) in [5.74, 6) is 31.3. The molecule has 7 saturated carbocycles. The predicted octanol–water partition coefficient (Wildman–Crippen LogP) is 36.0. The maximum atomic E-state index is 2.97. The summed E-state index contributed by atoms with van der Waals surface area (Å²) in [7, 11) is 0. The number of unbranched alkanes of at least 4 members (excludes halogenated alkanes) is 2. The van der Waals surface area contributed by atoms with E-state index in [4.69, 9.17) is 0 Å². The lowest BCUT2D eigenvalue weighted by Crippen LogP contribution is -2.91. The van der Waals surface area contributed by atoms with Gasteiger partial charge >= 0.3 is 0 Å². The Kier molecular flexibility index (Phi) is 39.7. The first-order chi connectivity index (χ1) is 53.4. The minimum Gasteiger partial charge on any atom is -0.0654 e. The van der Waals surface area contributed by atoms with Gasteiger partial charge in [0.25, 0.3) is 0 Å². The number of hydrogen-bond donors (Lipinski definition) is 0. The molecule has 7 fully saturated rings. The van der Waals surface area contributed by atoms with E-state index < -0.39 is 0 Å². The Morgan fingerprint density at radius 2 is 0.634 bits per heavy atom. The van der Waals surface area contributed by atoms with Crippen LogP contribution in [-0.4, -0.2) is 0 Å². The van der Waals surface area contributed by atoms with E-state index >= 15 is 0 Å². The minimum atomic E-state index is 0.495. The fourth-order valence-electron chi connectivity index (χ4n) is 33.3. The first-order valence-electron chi connectivity index (χ1n) is 53.4. The normalized spacial score (nSPS) is 32.8. The molecule has 0 nitrogen and oxygen atoms in total. The van der Waals surface area contributed by atoms with Crippen molar-refractivity contribution in [3.63, 3.8) is 0 Å². The van der Waals surface area contributed by atoms with Crippen molar-refractivity contribution in [1.29, 1.82) is 0 Å². The predicted molar refractivity (Wildman–Crippen MR) is 501 cm³/mol. The van der Waals surface area contributed by atoms with Gasteiger partial charge in [-0.3, -0.25) is 0 Å². The van der Waals surface area contributed by atoms with Crippen molar-refractivity contribution >= 4 is 0 Å². The zero-order chi connectivity index (χ0) is 83.3. The second kappa shape index (κ2) is 44.9. The van der Waals surface area contributed by atoms with Crippen LogP contribution in [0, 0.1) is 253 Å². The average Bonchev–Trinajstić information content (AvgIpc) is 0.597. The van der Waals surface area contributed by atoms with Gasteiger partial charge in [-0.1, -0.05) is 415 Å². The van der Waals surface area contributed by atoms with Crippen LogP contribution in [0.2, 0.25) is 0 Å². The van der Waals surface area contributed by atoms with Crippen molar-refractivity contribution in [3.05, 3.63) is 0 Å². The lowest BCUT2D eigenvalue weighted by molar-refractivity contribution is -0.487. The molecule has 0 amide bonds. The maximum Gasteiger partial charge on any atom is -0.0147 e. The SMILES string of the molecule is CCCCC1CC(C(C(CC)C(C2CCC2)C(C2CCC2)C(C(C)CC)C(C(C)CC)C(C(C)CC)C(C(C)CC)C(C(C)CC)C(C(C)CC)C(C(C)CC)C(CCC)C(C)C(C)CCCC)C(C(C)CC)C(C(C)CC)C(C(C)CC)C(C(C)CC)C(C(C)CC)C(C(C)CC)C2C3C4CCC45CCC35C2(C)CC)C1. The van der Waals surface area contributed by atoms with Crippen LogP contribution < -0.4 is 0 Å². The van der Waals surface area contributed by atoms with E-state index in [0.29, 0.717) is 46.3 Å². The van der Waals surface area contributed by atoms with Crippen molar-refractivity contribution < 1.29 is 0 Å². The summed E-state index contributed by atoms with van der Waals surface area (Å²) in [6.45, 7) is 94.6. The first-order valence-corrected chi connectivity index (χ1v) is 53.4. The molecule has 0 heteroatoms. The molecule has 0 heterocycles. The van der Waals surface area contributed by atoms with E-state index in [-0.39, 0.29) is 0 Å². The molecule has 0 bridgehead atoms. The molecule has 2 spiro atoms. The monoisotopic (exact) mass is 1560 g/mol. The highest BCUT2D eigenvalue weighted by molar-refractivity contribution is 5.40. The van der Waals surface area contributed by atoms with Crippen LogP contribution in [0.4, 0.5) is 0 Å². The lowest BCUT2D eigenvalue weighted by atomic mass is 9.08. The van der Waals surface area contributed by atoms with Gasteiger partial charge in [-0.25, -0.2) is 0 Å². The molecule has 7 rings (SSSR count). The number of fused-ring (bicyclic) bond motifs is 1.